The molecule has 0 spiro atoms. The highest BCUT2D eigenvalue weighted by atomic mass is 19.1. The molecule has 0 radical (unpaired) electrons. The van der Waals surface area contributed by atoms with E-state index in [1.165, 1.54) is 12.8 Å². The minimum Gasteiger partial charge on any atom is -0.396 e. The molecule has 0 saturated carbocycles. The highest BCUT2D eigenvalue weighted by molar-refractivity contribution is 5.95. The fraction of sp³-hybridized carbons (Fsp3) is 0.462. The molecule has 104 valence electrons. The maximum Gasteiger partial charge on any atom is 0.254 e. The van der Waals surface area contributed by atoms with E-state index in [1.54, 1.807) is 0 Å². The predicted molar refractivity (Wildman–Crippen MR) is 68.8 cm³/mol. The van der Waals surface area contributed by atoms with Crippen LogP contribution >= 0.6 is 0 Å². The van der Waals surface area contributed by atoms with Crippen LogP contribution in [0, 0.1) is 11.6 Å². The highest BCUT2D eigenvalue weighted by Crippen LogP contribution is 2.17. The van der Waals surface area contributed by atoms with Crippen molar-refractivity contribution in [3.05, 3.63) is 29.3 Å². The van der Waals surface area contributed by atoms with Gasteiger partial charge in [-0.05, 0) is 38.1 Å². The molecule has 1 amide bonds. The molecule has 1 fully saturated rings. The van der Waals surface area contributed by atoms with Crippen molar-refractivity contribution in [3.8, 4) is 0 Å². The third-order valence-electron chi connectivity index (χ3n) is 3.22. The molecule has 0 atom stereocenters. The Morgan fingerprint density at radius 2 is 2.00 bits per heavy atom. The fourth-order valence-electron chi connectivity index (χ4n) is 2.20. The minimum absolute atomic E-state index is 0.348. The lowest BCUT2D eigenvalue weighted by Crippen LogP contribution is -2.34. The quantitative estimate of drug-likeness (QED) is 0.812. The van der Waals surface area contributed by atoms with Crippen LogP contribution in [0.1, 0.15) is 23.2 Å². The number of nitrogens with zero attached hydrogens (tertiary/aromatic N) is 1. The standard InChI is InChI=1S/C13H17F2N3O/c14-9-7-10(12(15)11(16)8-9)13(19)17-3-6-18-4-1-2-5-18/h7-8H,1-6,16H2,(H,17,19). The van der Waals surface area contributed by atoms with E-state index in [0.717, 1.165) is 31.8 Å². The predicted octanol–water partition coefficient (Wildman–Crippen LogP) is 1.37. The summed E-state index contributed by atoms with van der Waals surface area (Å²) in [6, 6.07) is 1.72. The van der Waals surface area contributed by atoms with Crippen molar-refractivity contribution >= 4 is 11.6 Å². The van der Waals surface area contributed by atoms with E-state index < -0.39 is 17.5 Å². The molecule has 1 aliphatic rings. The van der Waals surface area contributed by atoms with Crippen LogP contribution in [0.2, 0.25) is 0 Å². The molecule has 1 heterocycles. The fourth-order valence-corrected chi connectivity index (χ4v) is 2.20. The van der Waals surface area contributed by atoms with Crippen LogP contribution in [0.3, 0.4) is 0 Å². The molecule has 4 nitrogen and oxygen atoms in total. The summed E-state index contributed by atoms with van der Waals surface area (Å²) < 4.78 is 26.7. The second-order valence-corrected chi connectivity index (χ2v) is 4.66. The number of amides is 1. The van der Waals surface area contributed by atoms with Gasteiger partial charge in [0.2, 0.25) is 0 Å². The van der Waals surface area contributed by atoms with Crippen LogP contribution in [-0.2, 0) is 0 Å². The minimum atomic E-state index is -0.875. The Bertz CT molecular complexity index is 473. The van der Waals surface area contributed by atoms with E-state index in [-0.39, 0.29) is 11.3 Å². The van der Waals surface area contributed by atoms with Gasteiger partial charge < -0.3 is 16.0 Å². The highest BCUT2D eigenvalue weighted by Gasteiger charge is 2.16. The topological polar surface area (TPSA) is 58.4 Å². The monoisotopic (exact) mass is 269 g/mol. The number of anilines is 1. The van der Waals surface area contributed by atoms with E-state index in [1.807, 2.05) is 0 Å². The number of rotatable bonds is 4. The van der Waals surface area contributed by atoms with Crippen molar-refractivity contribution < 1.29 is 13.6 Å². The van der Waals surface area contributed by atoms with E-state index >= 15 is 0 Å². The van der Waals surface area contributed by atoms with Crippen molar-refractivity contribution in [3.63, 3.8) is 0 Å². The second kappa shape index (κ2) is 5.97. The van der Waals surface area contributed by atoms with E-state index in [2.05, 4.69) is 10.2 Å². The summed E-state index contributed by atoms with van der Waals surface area (Å²) in [4.78, 5) is 14.0. The zero-order valence-electron chi connectivity index (χ0n) is 10.6. The molecule has 1 aliphatic heterocycles. The van der Waals surface area contributed by atoms with Gasteiger partial charge in [-0.2, -0.15) is 0 Å². The van der Waals surface area contributed by atoms with Crippen LogP contribution in [0.5, 0.6) is 0 Å². The Kier molecular flexibility index (Phi) is 4.31. The molecular formula is C13H17F2N3O. The lowest BCUT2D eigenvalue weighted by atomic mass is 10.1. The van der Waals surface area contributed by atoms with Crippen LogP contribution in [0.4, 0.5) is 14.5 Å². The van der Waals surface area contributed by atoms with Gasteiger partial charge >= 0.3 is 0 Å². The number of nitrogens with one attached hydrogen (secondary N) is 1. The zero-order valence-corrected chi connectivity index (χ0v) is 10.6. The number of carbonyl (C=O) groups excluding carboxylic acids is 1. The van der Waals surface area contributed by atoms with Gasteiger partial charge in [0.15, 0.2) is 5.82 Å². The van der Waals surface area contributed by atoms with Crippen LogP contribution in [0.15, 0.2) is 12.1 Å². The van der Waals surface area contributed by atoms with Gasteiger partial charge in [-0.25, -0.2) is 8.78 Å². The van der Waals surface area contributed by atoms with Gasteiger partial charge in [0, 0.05) is 13.1 Å². The lowest BCUT2D eigenvalue weighted by Gasteiger charge is -2.15. The summed E-state index contributed by atoms with van der Waals surface area (Å²) in [5.74, 6) is -2.23. The van der Waals surface area contributed by atoms with Gasteiger partial charge in [-0.1, -0.05) is 0 Å². The molecule has 0 aliphatic carbocycles. The Morgan fingerprint density at radius 3 is 2.68 bits per heavy atom. The number of hydrogen-bond acceptors (Lipinski definition) is 3. The third kappa shape index (κ3) is 3.41. The van der Waals surface area contributed by atoms with E-state index in [9.17, 15) is 13.6 Å². The summed E-state index contributed by atoms with van der Waals surface area (Å²) in [6.07, 6.45) is 2.34. The number of hydrogen-bond donors (Lipinski definition) is 2. The molecule has 3 N–H and O–H groups in total. The van der Waals surface area contributed by atoms with Gasteiger partial charge in [0.25, 0.3) is 5.91 Å². The molecular weight excluding hydrogens is 252 g/mol. The second-order valence-electron chi connectivity index (χ2n) is 4.66. The lowest BCUT2D eigenvalue weighted by molar-refractivity contribution is 0.0945. The van der Waals surface area contributed by atoms with Gasteiger partial charge in [0.05, 0.1) is 11.3 Å². The molecule has 19 heavy (non-hydrogen) atoms. The summed E-state index contributed by atoms with van der Waals surface area (Å²) in [5.41, 5.74) is 4.58. The van der Waals surface area contributed by atoms with Crippen molar-refractivity contribution in [1.29, 1.82) is 0 Å². The van der Waals surface area contributed by atoms with Crippen molar-refractivity contribution in [2.45, 2.75) is 12.8 Å². The summed E-state index contributed by atoms with van der Waals surface area (Å²) in [6.45, 7) is 3.18. The first kappa shape index (κ1) is 13.7. The summed E-state index contributed by atoms with van der Waals surface area (Å²) in [7, 11) is 0. The Labute approximate surface area is 110 Å². The van der Waals surface area contributed by atoms with Crippen molar-refractivity contribution in [1.82, 2.24) is 10.2 Å². The molecule has 1 aromatic carbocycles. The van der Waals surface area contributed by atoms with Crippen LogP contribution in [-0.4, -0.2) is 37.0 Å². The SMILES string of the molecule is Nc1cc(F)cc(C(=O)NCCN2CCCC2)c1F. The molecule has 0 unspecified atom stereocenters. The van der Waals surface area contributed by atoms with Crippen LogP contribution in [0.25, 0.3) is 0 Å². The summed E-state index contributed by atoms with van der Waals surface area (Å²) >= 11 is 0. The third-order valence-corrected chi connectivity index (χ3v) is 3.22. The van der Waals surface area contributed by atoms with E-state index in [0.29, 0.717) is 6.54 Å². The number of halogens is 2. The first-order chi connectivity index (χ1) is 9.08. The molecule has 0 bridgehead atoms. The number of likely N-dealkylation sites (tertiary alicyclic amines) is 1. The number of carbonyl (C=O) groups is 1. The average molecular weight is 269 g/mol. The van der Waals surface area contributed by atoms with Gasteiger partial charge in [-0.3, -0.25) is 4.79 Å². The van der Waals surface area contributed by atoms with Crippen molar-refractivity contribution in [2.75, 3.05) is 31.9 Å². The average Bonchev–Trinajstić information content (AvgIpc) is 2.86. The van der Waals surface area contributed by atoms with Crippen molar-refractivity contribution in [2.24, 2.45) is 0 Å². The Hall–Kier alpha value is -1.69. The molecule has 0 aromatic heterocycles. The maximum absolute atomic E-state index is 13.6. The van der Waals surface area contributed by atoms with Gasteiger partial charge in [-0.15, -0.1) is 0 Å². The van der Waals surface area contributed by atoms with E-state index in [4.69, 9.17) is 5.73 Å². The van der Waals surface area contributed by atoms with Crippen LogP contribution < -0.4 is 11.1 Å². The normalized spacial score (nSPS) is 15.7. The first-order valence-electron chi connectivity index (χ1n) is 6.33. The zero-order chi connectivity index (χ0) is 13.8. The molecule has 2 rings (SSSR count). The van der Waals surface area contributed by atoms with Gasteiger partial charge in [0.1, 0.15) is 5.82 Å². The summed E-state index contributed by atoms with van der Waals surface area (Å²) in [5, 5.41) is 2.58. The number of nitrogens with two attached hydrogens (primary N) is 1. The Balaban J connectivity index is 1.92. The maximum atomic E-state index is 13.6. The smallest absolute Gasteiger partial charge is 0.254 e. The molecule has 1 saturated heterocycles. The molecule has 1 aromatic rings. The largest absolute Gasteiger partial charge is 0.396 e. The number of nitrogen functional groups attached to an aromatic ring is 1. The number of benzene rings is 1. The first-order valence-corrected chi connectivity index (χ1v) is 6.33. The molecule has 6 heteroatoms. The Morgan fingerprint density at radius 1 is 1.32 bits per heavy atom.